The van der Waals surface area contributed by atoms with E-state index < -0.39 is 10.0 Å². The van der Waals surface area contributed by atoms with Gasteiger partial charge in [0.05, 0.1) is 4.90 Å². The molecule has 21 heavy (non-hydrogen) atoms. The largest absolute Gasteiger partial charge is 0.308 e. The molecule has 1 heterocycles. The number of likely N-dealkylation sites (N-methyl/N-ethyl adjacent to an activating group) is 1. The topological polar surface area (TPSA) is 40.6 Å². The second-order valence-electron chi connectivity index (χ2n) is 5.76. The zero-order chi connectivity index (χ0) is 15.5. The van der Waals surface area contributed by atoms with Gasteiger partial charge in [0.15, 0.2) is 0 Å². The predicted molar refractivity (Wildman–Crippen MR) is 86.3 cm³/mol. The molecule has 0 aromatic heterocycles. The van der Waals surface area contributed by atoms with Crippen molar-refractivity contribution < 1.29 is 8.42 Å². The summed E-state index contributed by atoms with van der Waals surface area (Å²) < 4.78 is 27.2. The van der Waals surface area contributed by atoms with E-state index in [1.54, 1.807) is 16.4 Å². The summed E-state index contributed by atoms with van der Waals surface area (Å²) >= 11 is 5.71. The van der Waals surface area contributed by atoms with Crippen molar-refractivity contribution >= 4 is 21.6 Å². The average molecular weight is 331 g/mol. The molecule has 0 spiro atoms. The van der Waals surface area contributed by atoms with Crippen LogP contribution in [-0.4, -0.2) is 56.7 Å². The van der Waals surface area contributed by atoms with Gasteiger partial charge in [-0.15, -0.1) is 11.6 Å². The summed E-state index contributed by atoms with van der Waals surface area (Å²) in [4.78, 5) is 2.42. The van der Waals surface area contributed by atoms with Gasteiger partial charge in [-0.3, -0.25) is 0 Å². The minimum atomic E-state index is -3.39. The van der Waals surface area contributed by atoms with Crippen LogP contribution in [0.3, 0.4) is 0 Å². The predicted octanol–water partition coefficient (Wildman–Crippen LogP) is 2.18. The summed E-state index contributed by atoms with van der Waals surface area (Å²) in [5.74, 6) is 0.545. The zero-order valence-electron chi connectivity index (χ0n) is 12.6. The van der Waals surface area contributed by atoms with Crippen molar-refractivity contribution in [2.45, 2.75) is 30.2 Å². The molecule has 1 unspecified atom stereocenters. The Hall–Kier alpha value is -0.620. The summed E-state index contributed by atoms with van der Waals surface area (Å²) in [6.07, 6.45) is 2.62. The smallest absolute Gasteiger partial charge is 0.243 e. The lowest BCUT2D eigenvalue weighted by Gasteiger charge is -2.26. The highest BCUT2D eigenvalue weighted by Crippen LogP contribution is 2.26. The average Bonchev–Trinajstić information content (AvgIpc) is 2.88. The van der Waals surface area contributed by atoms with E-state index in [2.05, 4.69) is 0 Å². The normalized spacial score (nSPS) is 20.3. The van der Waals surface area contributed by atoms with Crippen LogP contribution in [-0.2, 0) is 16.4 Å². The molecule has 0 aliphatic carbocycles. The molecule has 1 atom stereocenters. The van der Waals surface area contributed by atoms with Gasteiger partial charge in [-0.25, -0.2) is 8.42 Å². The molecule has 0 bridgehead atoms. The number of hydrogen-bond acceptors (Lipinski definition) is 3. The fourth-order valence-electron chi connectivity index (χ4n) is 2.80. The van der Waals surface area contributed by atoms with Crippen LogP contribution in [0.1, 0.15) is 18.4 Å². The third-order valence-corrected chi connectivity index (χ3v) is 5.97. The summed E-state index contributed by atoms with van der Waals surface area (Å²) in [6.45, 7) is 1.38. The third kappa shape index (κ3) is 3.97. The molecule has 0 saturated carbocycles. The quantitative estimate of drug-likeness (QED) is 0.751. The van der Waals surface area contributed by atoms with E-state index in [-0.39, 0.29) is 6.04 Å². The van der Waals surface area contributed by atoms with Crippen LogP contribution in [0.15, 0.2) is 29.2 Å². The second kappa shape index (κ2) is 7.09. The first-order valence-corrected chi connectivity index (χ1v) is 9.24. The molecule has 1 fully saturated rings. The van der Waals surface area contributed by atoms with Crippen LogP contribution >= 0.6 is 11.6 Å². The van der Waals surface area contributed by atoms with Gasteiger partial charge in [0.1, 0.15) is 0 Å². The van der Waals surface area contributed by atoms with E-state index in [1.165, 1.54) is 0 Å². The fraction of sp³-hybridized carbons (Fsp3) is 0.600. The van der Waals surface area contributed by atoms with Gasteiger partial charge in [-0.05, 0) is 51.1 Å². The zero-order valence-corrected chi connectivity index (χ0v) is 14.2. The highest BCUT2D eigenvalue weighted by atomic mass is 35.5. The first-order chi connectivity index (χ1) is 9.95. The van der Waals surface area contributed by atoms with Gasteiger partial charge in [0, 0.05) is 25.0 Å². The Bertz CT molecular complexity index is 558. The first kappa shape index (κ1) is 16.7. The summed E-state index contributed by atoms with van der Waals surface area (Å²) in [7, 11) is 0.561. The van der Waals surface area contributed by atoms with Crippen LogP contribution in [0.2, 0.25) is 0 Å². The maximum Gasteiger partial charge on any atom is 0.243 e. The fourth-order valence-corrected chi connectivity index (χ4v) is 4.71. The lowest BCUT2D eigenvalue weighted by Crippen LogP contribution is -2.41. The van der Waals surface area contributed by atoms with E-state index in [1.807, 2.05) is 31.1 Å². The van der Waals surface area contributed by atoms with E-state index in [9.17, 15) is 8.42 Å². The van der Waals surface area contributed by atoms with Crippen molar-refractivity contribution in [1.29, 1.82) is 0 Å². The van der Waals surface area contributed by atoms with Crippen LogP contribution in [0.25, 0.3) is 0 Å². The van der Waals surface area contributed by atoms with Crippen LogP contribution in [0.5, 0.6) is 0 Å². The lowest BCUT2D eigenvalue weighted by atomic mass is 10.2. The van der Waals surface area contributed by atoms with E-state index in [0.717, 1.165) is 31.4 Å². The van der Waals surface area contributed by atoms with Crippen molar-refractivity contribution in [3.63, 3.8) is 0 Å². The molecule has 0 radical (unpaired) electrons. The van der Waals surface area contributed by atoms with Gasteiger partial charge < -0.3 is 4.90 Å². The first-order valence-electron chi connectivity index (χ1n) is 7.26. The van der Waals surface area contributed by atoms with Crippen LogP contribution < -0.4 is 0 Å². The monoisotopic (exact) mass is 330 g/mol. The molecule has 1 aromatic carbocycles. The molecular weight excluding hydrogens is 308 g/mol. The number of aryl methyl sites for hydroxylation is 1. The number of benzene rings is 1. The van der Waals surface area contributed by atoms with E-state index in [0.29, 0.717) is 17.3 Å². The molecule has 1 aliphatic heterocycles. The number of nitrogens with zero attached hydrogens (tertiary/aromatic N) is 2. The van der Waals surface area contributed by atoms with Crippen molar-refractivity contribution in [1.82, 2.24) is 9.21 Å². The molecule has 6 heteroatoms. The molecule has 0 amide bonds. The Morgan fingerprint density at radius 2 is 1.95 bits per heavy atom. The minimum Gasteiger partial charge on any atom is -0.308 e. The molecule has 2 rings (SSSR count). The van der Waals surface area contributed by atoms with Gasteiger partial charge in [-0.1, -0.05) is 12.1 Å². The highest BCUT2D eigenvalue weighted by Gasteiger charge is 2.35. The third-order valence-electron chi connectivity index (χ3n) is 3.81. The Morgan fingerprint density at radius 1 is 1.29 bits per heavy atom. The number of rotatable bonds is 6. The molecule has 1 saturated heterocycles. The molecule has 1 aliphatic rings. The Labute approximate surface area is 132 Å². The van der Waals surface area contributed by atoms with Gasteiger partial charge >= 0.3 is 0 Å². The van der Waals surface area contributed by atoms with E-state index >= 15 is 0 Å². The Balaban J connectivity index is 2.20. The molecule has 1 aromatic rings. The number of halogens is 1. The van der Waals surface area contributed by atoms with Gasteiger partial charge in [0.2, 0.25) is 10.0 Å². The second-order valence-corrected chi connectivity index (χ2v) is 8.03. The van der Waals surface area contributed by atoms with Gasteiger partial charge in [-0.2, -0.15) is 4.31 Å². The molecular formula is C15H23ClN2O2S. The van der Waals surface area contributed by atoms with Crippen LogP contribution in [0.4, 0.5) is 0 Å². The maximum atomic E-state index is 12.8. The van der Waals surface area contributed by atoms with Crippen LogP contribution in [0, 0.1) is 0 Å². The summed E-state index contributed by atoms with van der Waals surface area (Å²) in [6, 6.07) is 7.18. The summed E-state index contributed by atoms with van der Waals surface area (Å²) in [5.41, 5.74) is 1.07. The molecule has 4 nitrogen and oxygen atoms in total. The minimum absolute atomic E-state index is 0.0764. The van der Waals surface area contributed by atoms with Crippen molar-refractivity contribution in [2.24, 2.45) is 0 Å². The maximum absolute atomic E-state index is 12.8. The number of alkyl halides is 1. The lowest BCUT2D eigenvalue weighted by molar-refractivity contribution is 0.291. The standard InChI is InChI=1S/C15H23ClN2O2S/c1-17(2)12-14-4-3-11-18(14)21(19,20)15-7-5-13(6-8-15)9-10-16/h5-8,14H,3-4,9-12H2,1-2H3. The van der Waals surface area contributed by atoms with Crippen molar-refractivity contribution in [2.75, 3.05) is 33.1 Å². The number of sulfonamides is 1. The Morgan fingerprint density at radius 3 is 2.52 bits per heavy atom. The van der Waals surface area contributed by atoms with Gasteiger partial charge in [0.25, 0.3) is 0 Å². The van der Waals surface area contributed by atoms with Crippen molar-refractivity contribution in [3.8, 4) is 0 Å². The number of hydrogen-bond donors (Lipinski definition) is 0. The molecule has 118 valence electrons. The van der Waals surface area contributed by atoms with Crippen molar-refractivity contribution in [3.05, 3.63) is 29.8 Å². The molecule has 0 N–H and O–H groups in total. The van der Waals surface area contributed by atoms with E-state index in [4.69, 9.17) is 11.6 Å². The summed E-state index contributed by atoms with van der Waals surface area (Å²) in [5, 5.41) is 0. The SMILES string of the molecule is CN(C)CC1CCCN1S(=O)(=O)c1ccc(CCCl)cc1. The highest BCUT2D eigenvalue weighted by molar-refractivity contribution is 7.89. The Kier molecular flexibility index (Phi) is 5.66.